The number of hydrogen-bond acceptors (Lipinski definition) is 5. The number of anilines is 1. The van der Waals surface area contributed by atoms with Crippen molar-refractivity contribution in [3.63, 3.8) is 0 Å². The van der Waals surface area contributed by atoms with Gasteiger partial charge in [0.05, 0.1) is 24.7 Å². The Balaban J connectivity index is 1.66. The van der Waals surface area contributed by atoms with E-state index in [-0.39, 0.29) is 0 Å². The van der Waals surface area contributed by atoms with Crippen LogP contribution in [0.3, 0.4) is 0 Å². The molecule has 3 rings (SSSR count). The second kappa shape index (κ2) is 7.79. The summed E-state index contributed by atoms with van der Waals surface area (Å²) in [6.07, 6.45) is 4.29. The van der Waals surface area contributed by atoms with Gasteiger partial charge in [-0.1, -0.05) is 18.2 Å². The topological polar surface area (TPSA) is 64.9 Å². The number of aromatic nitrogens is 4. The molecule has 2 aromatic heterocycles. The molecule has 0 bridgehead atoms. The van der Waals surface area contributed by atoms with E-state index in [4.69, 9.17) is 4.74 Å². The molecule has 1 aromatic carbocycles. The smallest absolute Gasteiger partial charge is 0.174 e. The van der Waals surface area contributed by atoms with E-state index in [1.165, 1.54) is 5.56 Å². The van der Waals surface area contributed by atoms with Gasteiger partial charge >= 0.3 is 0 Å². The third-order valence-electron chi connectivity index (χ3n) is 3.82. The van der Waals surface area contributed by atoms with Gasteiger partial charge in [-0.3, -0.25) is 4.98 Å². The normalized spacial score (nSPS) is 10.7. The van der Waals surface area contributed by atoms with Crippen molar-refractivity contribution in [3.8, 4) is 11.6 Å². The predicted octanol–water partition coefficient (Wildman–Crippen LogP) is 3.33. The van der Waals surface area contributed by atoms with Crippen LogP contribution in [-0.4, -0.2) is 32.9 Å². The zero-order valence-electron chi connectivity index (χ0n) is 14.9. The number of nitrogens with zero attached hydrogens (tertiary/aromatic N) is 4. The monoisotopic (exact) mass is 337 g/mol. The lowest BCUT2D eigenvalue weighted by atomic mass is 10.1. The Morgan fingerprint density at radius 1 is 1.16 bits per heavy atom. The van der Waals surface area contributed by atoms with Crippen LogP contribution in [0.1, 0.15) is 23.9 Å². The van der Waals surface area contributed by atoms with E-state index in [2.05, 4.69) is 26.4 Å². The molecule has 0 unspecified atom stereocenters. The summed E-state index contributed by atoms with van der Waals surface area (Å²) in [7, 11) is 0. The van der Waals surface area contributed by atoms with Crippen LogP contribution in [0, 0.1) is 13.8 Å². The van der Waals surface area contributed by atoms with Crippen molar-refractivity contribution < 1.29 is 4.74 Å². The number of para-hydroxylation sites is 1. The fourth-order valence-electron chi connectivity index (χ4n) is 2.74. The van der Waals surface area contributed by atoms with Gasteiger partial charge in [-0.25, -0.2) is 9.67 Å². The Morgan fingerprint density at radius 2 is 2.00 bits per heavy atom. The first-order chi connectivity index (χ1) is 12.2. The summed E-state index contributed by atoms with van der Waals surface area (Å²) in [4.78, 5) is 8.88. The Hall–Kier alpha value is -2.89. The van der Waals surface area contributed by atoms with E-state index >= 15 is 0 Å². The molecular formula is C19H23N5O. The quantitative estimate of drug-likeness (QED) is 0.716. The molecule has 0 spiro atoms. The Bertz CT molecular complexity index is 843. The van der Waals surface area contributed by atoms with Crippen LogP contribution < -0.4 is 10.1 Å². The Labute approximate surface area is 147 Å². The first-order valence-electron chi connectivity index (χ1n) is 8.47. The van der Waals surface area contributed by atoms with Crippen LogP contribution in [0.5, 0.6) is 5.75 Å². The van der Waals surface area contributed by atoms with Crippen molar-refractivity contribution in [2.24, 2.45) is 0 Å². The van der Waals surface area contributed by atoms with Crippen molar-refractivity contribution in [1.82, 2.24) is 19.7 Å². The molecule has 130 valence electrons. The fraction of sp³-hybridized carbons (Fsp3) is 0.316. The van der Waals surface area contributed by atoms with Gasteiger partial charge in [0.2, 0.25) is 0 Å². The zero-order valence-corrected chi connectivity index (χ0v) is 14.9. The van der Waals surface area contributed by atoms with Gasteiger partial charge in [0.25, 0.3) is 0 Å². The van der Waals surface area contributed by atoms with Gasteiger partial charge in [0, 0.05) is 12.2 Å². The minimum Gasteiger partial charge on any atom is -0.494 e. The molecule has 0 radical (unpaired) electrons. The number of nitrogens with one attached hydrogen (secondary N) is 1. The molecule has 25 heavy (non-hydrogen) atoms. The third kappa shape index (κ3) is 4.15. The number of ether oxygens (including phenoxy) is 1. The highest BCUT2D eigenvalue weighted by Gasteiger charge is 2.07. The molecule has 1 N–H and O–H groups in total. The first-order valence-corrected chi connectivity index (χ1v) is 8.47. The summed E-state index contributed by atoms with van der Waals surface area (Å²) in [5, 5.41) is 7.78. The zero-order chi connectivity index (χ0) is 17.6. The van der Waals surface area contributed by atoms with E-state index in [0.29, 0.717) is 12.4 Å². The van der Waals surface area contributed by atoms with Gasteiger partial charge in [0.1, 0.15) is 11.6 Å². The van der Waals surface area contributed by atoms with E-state index < -0.39 is 0 Å². The number of benzene rings is 1. The largest absolute Gasteiger partial charge is 0.494 e. The average molecular weight is 337 g/mol. The van der Waals surface area contributed by atoms with Crippen LogP contribution in [0.2, 0.25) is 0 Å². The lowest BCUT2D eigenvalue weighted by molar-refractivity contribution is 0.336. The molecule has 0 aliphatic rings. The Kier molecular flexibility index (Phi) is 5.28. The van der Waals surface area contributed by atoms with Gasteiger partial charge in [-0.05, 0) is 44.9 Å². The standard InChI is InChI=1S/C19H23N5O/c1-4-25-17-8-6-5-7-16(17)9-10-21-18-12-20-13-19(22-18)24-15(3)11-14(2)23-24/h5-8,11-13H,4,9-10H2,1-3H3,(H,21,22). The SMILES string of the molecule is CCOc1ccccc1CCNc1cncc(-n2nc(C)cc2C)n1. The van der Waals surface area contributed by atoms with Gasteiger partial charge < -0.3 is 10.1 Å². The van der Waals surface area contributed by atoms with E-state index in [1.807, 2.05) is 45.0 Å². The minimum absolute atomic E-state index is 0.667. The van der Waals surface area contributed by atoms with Crippen molar-refractivity contribution in [1.29, 1.82) is 0 Å². The number of rotatable bonds is 7. The van der Waals surface area contributed by atoms with Gasteiger partial charge in [-0.15, -0.1) is 0 Å². The second-order valence-corrected chi connectivity index (χ2v) is 5.82. The first kappa shape index (κ1) is 17.0. The molecule has 0 saturated carbocycles. The fourth-order valence-corrected chi connectivity index (χ4v) is 2.74. The predicted molar refractivity (Wildman–Crippen MR) is 98.4 cm³/mol. The summed E-state index contributed by atoms with van der Waals surface area (Å²) in [5.41, 5.74) is 3.18. The minimum atomic E-state index is 0.667. The molecule has 0 saturated heterocycles. The maximum atomic E-state index is 5.66. The highest BCUT2D eigenvalue weighted by Crippen LogP contribution is 2.18. The van der Waals surface area contributed by atoms with Crippen molar-refractivity contribution >= 4 is 5.82 Å². The highest BCUT2D eigenvalue weighted by molar-refractivity contribution is 5.38. The van der Waals surface area contributed by atoms with Crippen LogP contribution in [0.25, 0.3) is 5.82 Å². The van der Waals surface area contributed by atoms with Gasteiger partial charge in [-0.2, -0.15) is 5.10 Å². The molecular weight excluding hydrogens is 314 g/mol. The second-order valence-electron chi connectivity index (χ2n) is 5.82. The number of aryl methyl sites for hydroxylation is 2. The van der Waals surface area contributed by atoms with E-state index in [1.54, 1.807) is 17.1 Å². The average Bonchev–Trinajstić information content (AvgIpc) is 2.95. The molecule has 6 heteroatoms. The summed E-state index contributed by atoms with van der Waals surface area (Å²) in [6.45, 7) is 7.39. The van der Waals surface area contributed by atoms with E-state index in [9.17, 15) is 0 Å². The van der Waals surface area contributed by atoms with Crippen molar-refractivity contribution in [2.75, 3.05) is 18.5 Å². The van der Waals surface area contributed by atoms with Crippen LogP contribution >= 0.6 is 0 Å². The summed E-state index contributed by atoms with van der Waals surface area (Å²) >= 11 is 0. The van der Waals surface area contributed by atoms with Crippen LogP contribution in [0.4, 0.5) is 5.82 Å². The Morgan fingerprint density at radius 3 is 2.76 bits per heavy atom. The van der Waals surface area contributed by atoms with Crippen molar-refractivity contribution in [3.05, 3.63) is 59.7 Å². The lowest BCUT2D eigenvalue weighted by Crippen LogP contribution is -2.10. The molecule has 0 fully saturated rings. The maximum Gasteiger partial charge on any atom is 0.174 e. The highest BCUT2D eigenvalue weighted by atomic mass is 16.5. The molecule has 6 nitrogen and oxygen atoms in total. The summed E-state index contributed by atoms with van der Waals surface area (Å²) in [5.74, 6) is 2.39. The molecule has 0 aliphatic heterocycles. The molecule has 2 heterocycles. The maximum absolute atomic E-state index is 5.66. The molecule has 0 atom stereocenters. The summed E-state index contributed by atoms with van der Waals surface area (Å²) < 4.78 is 7.47. The summed E-state index contributed by atoms with van der Waals surface area (Å²) in [6, 6.07) is 10.1. The molecule has 0 amide bonds. The van der Waals surface area contributed by atoms with Crippen molar-refractivity contribution in [2.45, 2.75) is 27.2 Å². The third-order valence-corrected chi connectivity index (χ3v) is 3.82. The number of hydrogen-bond donors (Lipinski definition) is 1. The van der Waals surface area contributed by atoms with Crippen LogP contribution in [-0.2, 0) is 6.42 Å². The van der Waals surface area contributed by atoms with Crippen LogP contribution in [0.15, 0.2) is 42.7 Å². The van der Waals surface area contributed by atoms with Gasteiger partial charge in [0.15, 0.2) is 5.82 Å². The molecule has 3 aromatic rings. The van der Waals surface area contributed by atoms with E-state index in [0.717, 1.165) is 35.9 Å². The molecule has 0 aliphatic carbocycles. The lowest BCUT2D eigenvalue weighted by Gasteiger charge is -2.11.